The number of carboxylic acids is 8. The number of carboxylic acid groups (broad SMARTS) is 8. The van der Waals surface area contributed by atoms with E-state index in [9.17, 15) is 10.2 Å². The van der Waals surface area contributed by atoms with Crippen LogP contribution in [0.25, 0.3) is 11.4 Å². The highest BCUT2D eigenvalue weighted by Crippen LogP contribution is 2.39. The van der Waals surface area contributed by atoms with Gasteiger partial charge >= 0.3 is 47.8 Å². The third-order valence-corrected chi connectivity index (χ3v) is 9.02. The van der Waals surface area contributed by atoms with E-state index in [4.69, 9.17) is 135 Å². The molecule has 73 heavy (non-hydrogen) atoms. The van der Waals surface area contributed by atoms with Crippen LogP contribution in [-0.2, 0) is 38.4 Å². The number of nitrogens with zero attached hydrogens (tertiary/aromatic N) is 4. The molecule has 0 amide bonds. The Balaban J connectivity index is -0.000000923. The topological polar surface area (TPSA) is 449 Å². The van der Waals surface area contributed by atoms with Crippen LogP contribution in [-0.4, -0.2) is 174 Å². The summed E-state index contributed by atoms with van der Waals surface area (Å²) in [5.41, 5.74) is 2.67. The molecule has 0 aliphatic carbocycles. The first-order chi connectivity index (χ1) is 33.4. The Kier molecular flexibility index (Phi) is 35.0. The Labute approximate surface area is 434 Å². The molecular weight excluding hydrogens is 1070 g/mol. The van der Waals surface area contributed by atoms with Crippen molar-refractivity contribution in [2.75, 3.05) is 26.3 Å². The smallest absolute Gasteiger partial charge is 0.414 e. The minimum Gasteiger partial charge on any atom is -0.489 e. The fraction of sp³-hybridized carbons (Fsp3) is 0.286. The number of rotatable bonds is 16. The first-order valence-corrected chi connectivity index (χ1v) is 21.1. The number of halogens is 4. The number of aliphatic hydroxyl groups is 2. The molecule has 2 atom stereocenters. The van der Waals surface area contributed by atoms with Crippen molar-refractivity contribution < 1.29 is 104 Å². The number of carbonyl (C=O) groups is 8. The first-order valence-electron chi connectivity index (χ1n) is 19.6. The van der Waals surface area contributed by atoms with Gasteiger partial charge in [-0.25, -0.2) is 48.3 Å². The Morgan fingerprint density at radius 3 is 1.00 bits per heavy atom. The van der Waals surface area contributed by atoms with Crippen molar-refractivity contribution in [1.82, 2.24) is 29.7 Å². The molecule has 0 saturated carbocycles. The Hall–Kier alpha value is -7.34. The van der Waals surface area contributed by atoms with Crippen LogP contribution in [0.1, 0.15) is 38.8 Å². The summed E-state index contributed by atoms with van der Waals surface area (Å²) in [6.45, 7) is 17.2. The standard InChI is InChI=1S/2C17H21Cl2N3O2.4C2H2O4.H2O/c2*1-11(2)21-8-13(23)9-24-17-14(4-5-15(18)16(17)19)12(3)22-7-6-20-10-22;4*3-1(4)2(5)6;/h2*4-7,10-11,13,21,23H,3,8-9H2,1-2H3;4*(H,3,4)(H,5,6);1H2. The van der Waals surface area contributed by atoms with Crippen LogP contribution in [0.5, 0.6) is 11.5 Å². The van der Waals surface area contributed by atoms with Crippen LogP contribution in [0.15, 0.2) is 74.9 Å². The lowest BCUT2D eigenvalue weighted by molar-refractivity contribution is -0.159. The van der Waals surface area contributed by atoms with Crippen molar-refractivity contribution in [3.05, 3.63) is 106 Å². The third kappa shape index (κ3) is 29.6. The van der Waals surface area contributed by atoms with Gasteiger partial charge in [0.2, 0.25) is 0 Å². The molecule has 0 aliphatic rings. The van der Waals surface area contributed by atoms with Gasteiger partial charge in [0.15, 0.2) is 0 Å². The van der Waals surface area contributed by atoms with E-state index in [1.165, 1.54) is 0 Å². The van der Waals surface area contributed by atoms with E-state index in [1.807, 2.05) is 27.7 Å². The molecule has 404 valence electrons. The second kappa shape index (κ2) is 36.6. The largest absolute Gasteiger partial charge is 0.489 e. The van der Waals surface area contributed by atoms with Gasteiger partial charge in [-0.1, -0.05) is 87.3 Å². The van der Waals surface area contributed by atoms with Crippen molar-refractivity contribution in [2.24, 2.45) is 0 Å². The monoisotopic (exact) mass is 1120 g/mol. The maximum absolute atomic E-state index is 10.0. The van der Waals surface area contributed by atoms with Crippen molar-refractivity contribution in [3.63, 3.8) is 0 Å². The summed E-state index contributed by atoms with van der Waals surface area (Å²) in [4.78, 5) is 80.8. The van der Waals surface area contributed by atoms with E-state index in [0.29, 0.717) is 67.2 Å². The number of nitrogens with one attached hydrogen (secondary N) is 2. The quantitative estimate of drug-likeness (QED) is 0.0718. The number of benzene rings is 2. The Morgan fingerprint density at radius 2 is 0.795 bits per heavy atom. The lowest BCUT2D eigenvalue weighted by Crippen LogP contribution is -2.35. The summed E-state index contributed by atoms with van der Waals surface area (Å²) >= 11 is 24.8. The van der Waals surface area contributed by atoms with Gasteiger partial charge < -0.3 is 85.8 Å². The van der Waals surface area contributed by atoms with Gasteiger partial charge in [-0.05, 0) is 24.3 Å². The lowest BCUT2D eigenvalue weighted by atomic mass is 10.1. The average Bonchev–Trinajstić information content (AvgIpc) is 4.06. The molecule has 2 aromatic heterocycles. The molecule has 0 fully saturated rings. The van der Waals surface area contributed by atoms with Crippen LogP contribution >= 0.6 is 46.4 Å². The Bertz CT molecular complexity index is 2190. The normalized spacial score (nSPS) is 10.6. The van der Waals surface area contributed by atoms with Gasteiger partial charge in [0, 0.05) is 61.1 Å². The zero-order valence-corrected chi connectivity index (χ0v) is 41.7. The van der Waals surface area contributed by atoms with E-state index in [-0.39, 0.29) is 30.8 Å². The van der Waals surface area contributed by atoms with Crippen molar-refractivity contribution in [3.8, 4) is 11.5 Å². The minimum absolute atomic E-state index is 0. The van der Waals surface area contributed by atoms with E-state index >= 15 is 0 Å². The number of aliphatic carboxylic acids is 8. The molecule has 0 saturated heterocycles. The maximum atomic E-state index is 10.0. The van der Waals surface area contributed by atoms with Crippen LogP contribution in [0.4, 0.5) is 0 Å². The van der Waals surface area contributed by atoms with Crippen LogP contribution < -0.4 is 20.1 Å². The highest BCUT2D eigenvalue weighted by molar-refractivity contribution is 6.43. The number of ether oxygens (including phenoxy) is 2. The SMILES string of the molecule is C=C(c1ccc(Cl)c(Cl)c1OCC(O)CNC(C)C)n1ccnc1.C=C(c1ccc(Cl)c(Cl)c1OCC(O)CNC(C)C)n1ccnc1.O.O=C(O)C(=O)O.O=C(O)C(=O)O.O=C(O)C(=O)O.O=C(O)C(=O)O. The molecule has 14 N–H and O–H groups in total. The highest BCUT2D eigenvalue weighted by atomic mass is 35.5. The number of hydrogen-bond donors (Lipinski definition) is 12. The minimum atomic E-state index is -1.82. The zero-order valence-electron chi connectivity index (χ0n) is 38.7. The van der Waals surface area contributed by atoms with Crippen molar-refractivity contribution in [1.29, 1.82) is 0 Å². The predicted octanol–water partition coefficient (Wildman–Crippen LogP) is 2.69. The summed E-state index contributed by atoms with van der Waals surface area (Å²) in [6, 6.07) is 7.50. The molecule has 0 spiro atoms. The summed E-state index contributed by atoms with van der Waals surface area (Å²) in [6.07, 6.45) is 8.79. The molecule has 2 unspecified atom stereocenters. The Morgan fingerprint density at radius 1 is 0.534 bits per heavy atom. The van der Waals surface area contributed by atoms with Crippen LogP contribution in [0.2, 0.25) is 20.1 Å². The molecule has 4 rings (SSSR count). The molecule has 4 aromatic rings. The summed E-state index contributed by atoms with van der Waals surface area (Å²) in [5, 5.41) is 86.8. The van der Waals surface area contributed by atoms with Gasteiger partial charge in [0.1, 0.15) is 47.0 Å². The van der Waals surface area contributed by atoms with Gasteiger partial charge in [-0.3, -0.25) is 0 Å². The average molecular weight is 1120 g/mol. The number of imidazole rings is 2. The van der Waals surface area contributed by atoms with Crippen LogP contribution in [0, 0.1) is 0 Å². The fourth-order valence-electron chi connectivity index (χ4n) is 4.14. The fourth-order valence-corrected chi connectivity index (χ4v) is 4.87. The molecule has 0 radical (unpaired) electrons. The van der Waals surface area contributed by atoms with Crippen molar-refractivity contribution >= 4 is 106 Å². The second-order valence-corrected chi connectivity index (χ2v) is 15.4. The molecular formula is C42H52Cl4N6O21. The third-order valence-electron chi connectivity index (χ3n) is 7.45. The van der Waals surface area contributed by atoms with Crippen molar-refractivity contribution in [2.45, 2.75) is 52.0 Å². The summed E-state index contributed by atoms with van der Waals surface area (Å²) in [5.74, 6) is -13.8. The van der Waals surface area contributed by atoms with E-state index < -0.39 is 60.0 Å². The summed E-state index contributed by atoms with van der Waals surface area (Å²) in [7, 11) is 0. The van der Waals surface area contributed by atoms with Crippen LogP contribution in [0.3, 0.4) is 0 Å². The second-order valence-electron chi connectivity index (χ2n) is 13.8. The van der Waals surface area contributed by atoms with Gasteiger partial charge in [-0.2, -0.15) is 0 Å². The maximum Gasteiger partial charge on any atom is 0.414 e. The number of aliphatic hydroxyl groups excluding tert-OH is 2. The molecule has 31 heteroatoms. The predicted molar refractivity (Wildman–Crippen MR) is 260 cm³/mol. The van der Waals surface area contributed by atoms with E-state index in [0.717, 1.165) is 0 Å². The zero-order chi connectivity index (χ0) is 56.0. The molecule has 2 aromatic carbocycles. The molecule has 27 nitrogen and oxygen atoms in total. The highest BCUT2D eigenvalue weighted by Gasteiger charge is 2.19. The van der Waals surface area contributed by atoms with Gasteiger partial charge in [-0.15, -0.1) is 0 Å². The first kappa shape index (κ1) is 69.9. The number of hydrogen-bond acceptors (Lipinski definition) is 16. The van der Waals surface area contributed by atoms with E-state index in [1.54, 1.807) is 70.8 Å². The summed E-state index contributed by atoms with van der Waals surface area (Å²) < 4.78 is 15.0. The van der Waals surface area contributed by atoms with Gasteiger partial charge in [0.25, 0.3) is 0 Å². The van der Waals surface area contributed by atoms with Gasteiger partial charge in [0.05, 0.1) is 34.1 Å². The molecule has 0 bridgehead atoms. The lowest BCUT2D eigenvalue weighted by Gasteiger charge is -2.19. The molecule has 2 heterocycles. The van der Waals surface area contributed by atoms with E-state index in [2.05, 4.69) is 33.8 Å². The number of aromatic nitrogens is 4. The molecule has 0 aliphatic heterocycles.